The van der Waals surface area contributed by atoms with Crippen LogP contribution in [0.25, 0.3) is 0 Å². The molecule has 0 aliphatic carbocycles. The Balaban J connectivity index is 2.17. The van der Waals surface area contributed by atoms with Crippen molar-refractivity contribution in [3.63, 3.8) is 0 Å². The summed E-state index contributed by atoms with van der Waals surface area (Å²) in [5, 5.41) is 9.35. The summed E-state index contributed by atoms with van der Waals surface area (Å²) < 4.78 is 11.0. The summed E-state index contributed by atoms with van der Waals surface area (Å²) in [5.41, 5.74) is 0. The predicted octanol–water partition coefficient (Wildman–Crippen LogP) is 1.69. The summed E-state index contributed by atoms with van der Waals surface area (Å²) in [7, 11) is 0. The van der Waals surface area contributed by atoms with Crippen LogP contribution in [0.15, 0.2) is 0 Å². The molecule has 1 aliphatic heterocycles. The molecule has 1 aliphatic rings. The Morgan fingerprint density at radius 3 is 2.69 bits per heavy atom. The van der Waals surface area contributed by atoms with Crippen LogP contribution in [0.2, 0.25) is 0 Å². The lowest BCUT2D eigenvalue weighted by Gasteiger charge is -2.17. The maximum Gasteiger partial charge on any atom is 0.163 e. The lowest BCUT2D eigenvalue weighted by atomic mass is 10.1. The number of hydrogen-bond donors (Lipinski definition) is 1. The standard InChI is InChI=1S/C10H20O3/c1-4-8(11)5-6-9-7-12-10(2,3)13-9/h8-9,11H,4-7H2,1-3H3/t8-,9+/m1/s1. The van der Waals surface area contributed by atoms with Crippen LogP contribution in [0, 0.1) is 0 Å². The maximum absolute atomic E-state index is 9.35. The van der Waals surface area contributed by atoms with Crippen molar-refractivity contribution in [1.29, 1.82) is 0 Å². The molecule has 3 heteroatoms. The number of rotatable bonds is 4. The quantitative estimate of drug-likeness (QED) is 0.729. The highest BCUT2D eigenvalue weighted by molar-refractivity contribution is 4.71. The van der Waals surface area contributed by atoms with Crippen LogP contribution in [0.4, 0.5) is 0 Å². The van der Waals surface area contributed by atoms with E-state index in [9.17, 15) is 5.11 Å². The summed E-state index contributed by atoms with van der Waals surface area (Å²) >= 11 is 0. The molecule has 1 saturated heterocycles. The molecule has 0 aromatic carbocycles. The van der Waals surface area contributed by atoms with Crippen molar-refractivity contribution < 1.29 is 14.6 Å². The molecule has 3 nitrogen and oxygen atoms in total. The molecule has 0 spiro atoms. The molecular formula is C10H20O3. The largest absolute Gasteiger partial charge is 0.393 e. The molecule has 0 bridgehead atoms. The predicted molar refractivity (Wildman–Crippen MR) is 50.4 cm³/mol. The Morgan fingerprint density at radius 2 is 2.23 bits per heavy atom. The van der Waals surface area contributed by atoms with Crippen LogP contribution in [0.1, 0.15) is 40.0 Å². The second kappa shape index (κ2) is 4.40. The van der Waals surface area contributed by atoms with Crippen LogP contribution in [0.3, 0.4) is 0 Å². The van der Waals surface area contributed by atoms with Gasteiger partial charge >= 0.3 is 0 Å². The zero-order valence-corrected chi connectivity index (χ0v) is 8.75. The van der Waals surface area contributed by atoms with Crippen molar-refractivity contribution in [3.05, 3.63) is 0 Å². The van der Waals surface area contributed by atoms with Crippen molar-refractivity contribution >= 4 is 0 Å². The second-order valence-electron chi connectivity index (χ2n) is 4.09. The zero-order valence-electron chi connectivity index (χ0n) is 8.75. The van der Waals surface area contributed by atoms with E-state index < -0.39 is 5.79 Å². The van der Waals surface area contributed by atoms with E-state index in [4.69, 9.17) is 9.47 Å². The average Bonchev–Trinajstić information content (AvgIpc) is 2.41. The van der Waals surface area contributed by atoms with Gasteiger partial charge in [-0.25, -0.2) is 0 Å². The highest BCUT2D eigenvalue weighted by atomic mass is 16.7. The fraction of sp³-hybridized carbons (Fsp3) is 1.00. The third kappa shape index (κ3) is 3.63. The van der Waals surface area contributed by atoms with Gasteiger partial charge in [-0.05, 0) is 33.1 Å². The minimum absolute atomic E-state index is 0.163. The van der Waals surface area contributed by atoms with Crippen molar-refractivity contribution in [2.45, 2.75) is 58.0 Å². The normalized spacial score (nSPS) is 29.1. The van der Waals surface area contributed by atoms with Gasteiger partial charge < -0.3 is 14.6 Å². The van der Waals surface area contributed by atoms with Gasteiger partial charge in [-0.15, -0.1) is 0 Å². The van der Waals surface area contributed by atoms with Gasteiger partial charge in [0.2, 0.25) is 0 Å². The zero-order chi connectivity index (χ0) is 9.90. The number of aliphatic hydroxyl groups excluding tert-OH is 1. The minimum atomic E-state index is -0.429. The molecule has 2 atom stereocenters. The summed E-state index contributed by atoms with van der Waals surface area (Å²) in [4.78, 5) is 0. The van der Waals surface area contributed by atoms with Crippen molar-refractivity contribution in [1.82, 2.24) is 0 Å². The Labute approximate surface area is 80.0 Å². The lowest BCUT2D eigenvalue weighted by molar-refractivity contribution is -0.139. The summed E-state index contributed by atoms with van der Waals surface area (Å²) in [5.74, 6) is -0.429. The number of hydrogen-bond acceptors (Lipinski definition) is 3. The third-order valence-electron chi connectivity index (χ3n) is 2.36. The highest BCUT2D eigenvalue weighted by Crippen LogP contribution is 2.25. The van der Waals surface area contributed by atoms with Crippen molar-refractivity contribution in [2.75, 3.05) is 6.61 Å². The molecule has 1 heterocycles. The van der Waals surface area contributed by atoms with Gasteiger partial charge in [-0.3, -0.25) is 0 Å². The molecule has 1 rings (SSSR count). The summed E-state index contributed by atoms with van der Waals surface area (Å²) in [6.45, 7) is 6.48. The monoisotopic (exact) mass is 188 g/mol. The molecule has 0 aromatic heterocycles. The van der Waals surface area contributed by atoms with Gasteiger partial charge in [0, 0.05) is 0 Å². The van der Waals surface area contributed by atoms with Crippen molar-refractivity contribution in [2.24, 2.45) is 0 Å². The lowest BCUT2D eigenvalue weighted by Crippen LogP contribution is -2.22. The van der Waals surface area contributed by atoms with Crippen molar-refractivity contribution in [3.8, 4) is 0 Å². The number of ether oxygens (including phenoxy) is 2. The SMILES string of the molecule is CC[C@@H](O)CC[C@H]1COC(C)(C)O1. The fourth-order valence-corrected chi connectivity index (χ4v) is 1.49. The van der Waals surface area contributed by atoms with Crippen LogP contribution >= 0.6 is 0 Å². The van der Waals surface area contributed by atoms with E-state index in [-0.39, 0.29) is 12.2 Å². The van der Waals surface area contributed by atoms with Crippen LogP contribution in [-0.4, -0.2) is 29.7 Å². The molecule has 0 radical (unpaired) electrons. The van der Waals surface area contributed by atoms with E-state index >= 15 is 0 Å². The van der Waals surface area contributed by atoms with Gasteiger partial charge in [-0.2, -0.15) is 0 Å². The molecule has 13 heavy (non-hydrogen) atoms. The average molecular weight is 188 g/mol. The summed E-state index contributed by atoms with van der Waals surface area (Å²) in [6.07, 6.45) is 2.49. The molecule has 0 saturated carbocycles. The third-order valence-corrected chi connectivity index (χ3v) is 2.36. The number of aliphatic hydroxyl groups is 1. The maximum atomic E-state index is 9.35. The highest BCUT2D eigenvalue weighted by Gasteiger charge is 2.32. The minimum Gasteiger partial charge on any atom is -0.393 e. The van der Waals surface area contributed by atoms with Crippen LogP contribution < -0.4 is 0 Å². The smallest absolute Gasteiger partial charge is 0.163 e. The van der Waals surface area contributed by atoms with Gasteiger partial charge in [0.1, 0.15) is 0 Å². The van der Waals surface area contributed by atoms with Crippen LogP contribution in [0.5, 0.6) is 0 Å². The fourth-order valence-electron chi connectivity index (χ4n) is 1.49. The van der Waals surface area contributed by atoms with Gasteiger partial charge in [0.15, 0.2) is 5.79 Å². The van der Waals surface area contributed by atoms with Gasteiger partial charge in [0.25, 0.3) is 0 Å². The molecule has 1 fully saturated rings. The second-order valence-corrected chi connectivity index (χ2v) is 4.09. The first kappa shape index (κ1) is 11.0. The van der Waals surface area contributed by atoms with E-state index in [1.807, 2.05) is 20.8 Å². The summed E-state index contributed by atoms with van der Waals surface area (Å²) in [6, 6.07) is 0. The van der Waals surface area contributed by atoms with Gasteiger partial charge in [-0.1, -0.05) is 6.92 Å². The molecule has 0 unspecified atom stereocenters. The molecule has 0 aromatic rings. The Morgan fingerprint density at radius 1 is 1.54 bits per heavy atom. The first-order valence-electron chi connectivity index (χ1n) is 5.03. The molecule has 0 amide bonds. The first-order valence-corrected chi connectivity index (χ1v) is 5.03. The Bertz CT molecular complexity index is 156. The van der Waals surface area contributed by atoms with E-state index in [1.54, 1.807) is 0 Å². The molecular weight excluding hydrogens is 168 g/mol. The van der Waals surface area contributed by atoms with Crippen LogP contribution in [-0.2, 0) is 9.47 Å². The van der Waals surface area contributed by atoms with E-state index in [2.05, 4.69) is 0 Å². The Kier molecular flexibility index (Phi) is 3.71. The van der Waals surface area contributed by atoms with E-state index in [1.165, 1.54) is 0 Å². The van der Waals surface area contributed by atoms with E-state index in [0.717, 1.165) is 19.3 Å². The molecule has 78 valence electrons. The first-order chi connectivity index (χ1) is 6.03. The topological polar surface area (TPSA) is 38.7 Å². The molecule has 1 N–H and O–H groups in total. The van der Waals surface area contributed by atoms with E-state index in [0.29, 0.717) is 6.61 Å². The Hall–Kier alpha value is -0.120. The van der Waals surface area contributed by atoms with Gasteiger partial charge in [0.05, 0.1) is 18.8 Å².